The summed E-state index contributed by atoms with van der Waals surface area (Å²) in [6.07, 6.45) is 0. The van der Waals surface area contributed by atoms with Crippen LogP contribution in [-0.2, 0) is 9.59 Å². The Hall–Kier alpha value is -2.12. The molecule has 1 aromatic rings. The molecule has 7 nitrogen and oxygen atoms in total. The highest BCUT2D eigenvalue weighted by Crippen LogP contribution is 2.24. The first-order valence-corrected chi connectivity index (χ1v) is 9.87. The van der Waals surface area contributed by atoms with E-state index in [2.05, 4.69) is 56.6 Å². The third-order valence-electron chi connectivity index (χ3n) is 4.92. The van der Waals surface area contributed by atoms with Gasteiger partial charge in [-0.1, -0.05) is 12.1 Å². The molecule has 1 aromatic carbocycles. The molecule has 1 saturated heterocycles. The number of amides is 2. The Bertz CT molecular complexity index is 658. The molecule has 0 radical (unpaired) electrons. The van der Waals surface area contributed by atoms with Crippen molar-refractivity contribution < 1.29 is 9.59 Å². The van der Waals surface area contributed by atoms with Crippen molar-refractivity contribution in [2.45, 2.75) is 32.4 Å². The quantitative estimate of drug-likeness (QED) is 0.738. The molecular weight excluding hydrogens is 354 g/mol. The minimum absolute atomic E-state index is 0.0382. The van der Waals surface area contributed by atoms with Gasteiger partial charge in [-0.3, -0.25) is 14.5 Å². The van der Waals surface area contributed by atoms with Crippen LogP contribution in [0.4, 0.5) is 5.69 Å². The van der Waals surface area contributed by atoms with Gasteiger partial charge in [-0.2, -0.15) is 0 Å². The van der Waals surface area contributed by atoms with E-state index in [4.69, 9.17) is 0 Å². The number of carbonyl (C=O) groups excluding carboxylic acids is 2. The molecule has 156 valence electrons. The van der Waals surface area contributed by atoms with Crippen LogP contribution in [0.2, 0.25) is 0 Å². The monoisotopic (exact) mass is 389 g/mol. The van der Waals surface area contributed by atoms with Crippen LogP contribution in [0, 0.1) is 0 Å². The molecule has 1 aliphatic heterocycles. The predicted octanol–water partition coefficient (Wildman–Crippen LogP) is 1.07. The largest absolute Gasteiger partial charge is 0.378 e. The van der Waals surface area contributed by atoms with Crippen LogP contribution in [-0.4, -0.2) is 81.0 Å². The number of nitrogens with zero attached hydrogens (tertiary/aromatic N) is 3. The van der Waals surface area contributed by atoms with Crippen LogP contribution in [0.5, 0.6) is 0 Å². The highest BCUT2D eigenvalue weighted by atomic mass is 16.2. The zero-order chi connectivity index (χ0) is 20.9. The molecule has 1 fully saturated rings. The van der Waals surface area contributed by atoms with Crippen LogP contribution in [0.25, 0.3) is 0 Å². The van der Waals surface area contributed by atoms with Crippen molar-refractivity contribution in [1.29, 1.82) is 0 Å². The lowest BCUT2D eigenvalue weighted by molar-refractivity contribution is -0.140. The first-order valence-electron chi connectivity index (χ1n) is 9.87. The molecule has 0 aliphatic carbocycles. The van der Waals surface area contributed by atoms with Crippen molar-refractivity contribution in [3.8, 4) is 0 Å². The zero-order valence-electron chi connectivity index (χ0n) is 18.1. The average Bonchev–Trinajstić information content (AvgIpc) is 2.62. The Labute approximate surface area is 169 Å². The molecule has 2 amide bonds. The zero-order valence-corrected chi connectivity index (χ0v) is 18.1. The fourth-order valence-electron chi connectivity index (χ4n) is 3.25. The standard InChI is InChI=1S/C21H35N5O2/c1-21(2,3)23-20(28)19(27)22-15-18(26-13-11-25(6)12-14-26)16-7-9-17(10-8-16)24(4)5/h7-10,18H,11-15H2,1-6H3,(H,22,27)(H,23,28)/t18-/m0/s1. The molecule has 0 aromatic heterocycles. The lowest BCUT2D eigenvalue weighted by atomic mass is 10.0. The first-order chi connectivity index (χ1) is 13.1. The van der Waals surface area contributed by atoms with E-state index >= 15 is 0 Å². The number of carbonyl (C=O) groups is 2. The van der Waals surface area contributed by atoms with Gasteiger partial charge in [-0.25, -0.2) is 0 Å². The molecular formula is C21H35N5O2. The second-order valence-corrected chi connectivity index (χ2v) is 8.76. The highest BCUT2D eigenvalue weighted by molar-refractivity contribution is 6.35. The maximum atomic E-state index is 12.3. The minimum atomic E-state index is -0.590. The third kappa shape index (κ3) is 6.49. The fourth-order valence-corrected chi connectivity index (χ4v) is 3.25. The summed E-state index contributed by atoms with van der Waals surface area (Å²) < 4.78 is 0. The van der Waals surface area contributed by atoms with Gasteiger partial charge in [-0.05, 0) is 45.5 Å². The second-order valence-electron chi connectivity index (χ2n) is 8.76. The van der Waals surface area contributed by atoms with E-state index in [0.717, 1.165) is 37.4 Å². The average molecular weight is 390 g/mol. The Morgan fingerprint density at radius 3 is 2.11 bits per heavy atom. The number of hydrogen-bond acceptors (Lipinski definition) is 5. The molecule has 0 spiro atoms. The van der Waals surface area contributed by atoms with Crippen LogP contribution in [0.3, 0.4) is 0 Å². The van der Waals surface area contributed by atoms with E-state index in [-0.39, 0.29) is 6.04 Å². The summed E-state index contributed by atoms with van der Waals surface area (Å²) in [6, 6.07) is 8.44. The van der Waals surface area contributed by atoms with Gasteiger partial charge >= 0.3 is 11.8 Å². The van der Waals surface area contributed by atoms with Crippen molar-refractivity contribution in [3.05, 3.63) is 29.8 Å². The molecule has 1 atom stereocenters. The van der Waals surface area contributed by atoms with Crippen molar-refractivity contribution in [1.82, 2.24) is 20.4 Å². The van der Waals surface area contributed by atoms with Gasteiger partial charge in [0.05, 0.1) is 6.04 Å². The van der Waals surface area contributed by atoms with Crippen LogP contribution in [0.1, 0.15) is 32.4 Å². The Kier molecular flexibility index (Phi) is 7.43. The predicted molar refractivity (Wildman–Crippen MR) is 113 cm³/mol. The minimum Gasteiger partial charge on any atom is -0.378 e. The van der Waals surface area contributed by atoms with Crippen molar-refractivity contribution >= 4 is 17.5 Å². The highest BCUT2D eigenvalue weighted by Gasteiger charge is 2.26. The van der Waals surface area contributed by atoms with E-state index in [9.17, 15) is 9.59 Å². The third-order valence-corrected chi connectivity index (χ3v) is 4.92. The molecule has 2 rings (SSSR count). The summed E-state index contributed by atoms with van der Waals surface area (Å²) in [5.74, 6) is -1.17. The lowest BCUT2D eigenvalue weighted by Gasteiger charge is -2.38. The Balaban J connectivity index is 2.10. The molecule has 7 heteroatoms. The first kappa shape index (κ1) is 22.2. The van der Waals surface area contributed by atoms with Gasteiger partial charge in [-0.15, -0.1) is 0 Å². The van der Waals surface area contributed by atoms with Gasteiger partial charge in [0.15, 0.2) is 0 Å². The maximum absolute atomic E-state index is 12.3. The lowest BCUT2D eigenvalue weighted by Crippen LogP contribution is -2.51. The Morgan fingerprint density at radius 1 is 1.04 bits per heavy atom. The number of anilines is 1. The molecule has 0 unspecified atom stereocenters. The van der Waals surface area contributed by atoms with E-state index in [1.165, 1.54) is 0 Å². The van der Waals surface area contributed by atoms with E-state index in [1.807, 2.05) is 34.9 Å². The summed E-state index contributed by atoms with van der Waals surface area (Å²) in [7, 11) is 6.15. The molecule has 1 aliphatic rings. The van der Waals surface area contributed by atoms with Gasteiger partial charge in [0, 0.05) is 58.0 Å². The van der Waals surface area contributed by atoms with Crippen LogP contribution < -0.4 is 15.5 Å². The summed E-state index contributed by atoms with van der Waals surface area (Å²) >= 11 is 0. The van der Waals surface area contributed by atoms with Gasteiger partial charge in [0.1, 0.15) is 0 Å². The molecule has 1 heterocycles. The summed E-state index contributed by atoms with van der Waals surface area (Å²) in [4.78, 5) is 31.1. The molecule has 0 bridgehead atoms. The molecule has 0 saturated carbocycles. The normalized spacial score (nSPS) is 17.1. The van der Waals surface area contributed by atoms with Crippen LogP contribution >= 0.6 is 0 Å². The van der Waals surface area contributed by atoms with Crippen molar-refractivity contribution in [2.75, 3.05) is 58.8 Å². The summed E-state index contributed by atoms with van der Waals surface area (Å²) in [5, 5.41) is 5.54. The van der Waals surface area contributed by atoms with Crippen molar-refractivity contribution in [2.24, 2.45) is 0 Å². The van der Waals surface area contributed by atoms with E-state index < -0.39 is 17.4 Å². The number of hydrogen-bond donors (Lipinski definition) is 2. The molecule has 2 N–H and O–H groups in total. The Morgan fingerprint density at radius 2 is 1.61 bits per heavy atom. The summed E-state index contributed by atoms with van der Waals surface area (Å²) in [6.45, 7) is 9.82. The second kappa shape index (κ2) is 9.39. The van der Waals surface area contributed by atoms with Crippen LogP contribution in [0.15, 0.2) is 24.3 Å². The summed E-state index contributed by atoms with van der Waals surface area (Å²) in [5.41, 5.74) is 1.84. The number of nitrogens with one attached hydrogen (secondary N) is 2. The number of benzene rings is 1. The van der Waals surface area contributed by atoms with E-state index in [1.54, 1.807) is 0 Å². The van der Waals surface area contributed by atoms with Crippen molar-refractivity contribution in [3.63, 3.8) is 0 Å². The number of rotatable bonds is 5. The molecule has 28 heavy (non-hydrogen) atoms. The van der Waals surface area contributed by atoms with Gasteiger partial charge in [0.2, 0.25) is 0 Å². The SMILES string of the molecule is CN1CCN([C@@H](CNC(=O)C(=O)NC(C)(C)C)c2ccc(N(C)C)cc2)CC1. The van der Waals surface area contributed by atoms with E-state index in [0.29, 0.717) is 6.54 Å². The van der Waals surface area contributed by atoms with Gasteiger partial charge < -0.3 is 20.4 Å². The van der Waals surface area contributed by atoms with Gasteiger partial charge in [0.25, 0.3) is 0 Å². The smallest absolute Gasteiger partial charge is 0.309 e. The number of likely N-dealkylation sites (N-methyl/N-ethyl adjacent to an activating group) is 1. The topological polar surface area (TPSA) is 67.9 Å². The fraction of sp³-hybridized carbons (Fsp3) is 0.619. The maximum Gasteiger partial charge on any atom is 0.309 e. The number of piperazine rings is 1.